The molecule has 0 atom stereocenters. The van der Waals surface area contributed by atoms with E-state index in [9.17, 15) is 4.79 Å². The van der Waals surface area contributed by atoms with Crippen molar-refractivity contribution >= 4 is 12.1 Å². The quantitative estimate of drug-likeness (QED) is 0.661. The molecule has 0 radical (unpaired) electrons. The summed E-state index contributed by atoms with van der Waals surface area (Å²) in [4.78, 5) is 11.8. The van der Waals surface area contributed by atoms with Crippen LogP contribution in [-0.4, -0.2) is 25.5 Å². The minimum atomic E-state index is -0.332. The van der Waals surface area contributed by atoms with Gasteiger partial charge in [-0.05, 0) is 46.9 Å². The second-order valence-electron chi connectivity index (χ2n) is 6.97. The molecule has 0 fully saturated rings. The van der Waals surface area contributed by atoms with Crippen LogP contribution in [0.25, 0.3) is 0 Å². The van der Waals surface area contributed by atoms with Gasteiger partial charge in [-0.25, -0.2) is 5.43 Å². The van der Waals surface area contributed by atoms with Crippen molar-refractivity contribution in [1.29, 1.82) is 0 Å². The maximum Gasteiger partial charge on any atom is 0.277 e. The predicted molar refractivity (Wildman–Crippen MR) is 98.9 cm³/mol. The maximum atomic E-state index is 11.8. The van der Waals surface area contributed by atoms with E-state index in [1.54, 1.807) is 12.1 Å². The Morgan fingerprint density at radius 3 is 2.62 bits per heavy atom. The summed E-state index contributed by atoms with van der Waals surface area (Å²) in [6.07, 6.45) is 1.54. The minimum Gasteiger partial charge on any atom is -0.484 e. The monoisotopic (exact) mass is 354 g/mol. The van der Waals surface area contributed by atoms with Gasteiger partial charge in [0.1, 0.15) is 5.75 Å². The van der Waals surface area contributed by atoms with Crippen LogP contribution in [0.1, 0.15) is 31.9 Å². The average molecular weight is 354 g/mol. The Labute approximate surface area is 152 Å². The number of carbonyl (C=O) groups excluding carboxylic acids is 1. The highest BCUT2D eigenvalue weighted by Gasteiger charge is 2.13. The van der Waals surface area contributed by atoms with E-state index in [1.807, 2.05) is 30.3 Å². The van der Waals surface area contributed by atoms with E-state index in [-0.39, 0.29) is 24.7 Å². The number of rotatable bonds is 5. The van der Waals surface area contributed by atoms with Crippen LogP contribution in [0.15, 0.2) is 47.6 Å². The van der Waals surface area contributed by atoms with Crippen LogP contribution in [0, 0.1) is 0 Å². The maximum absolute atomic E-state index is 11.8. The lowest BCUT2D eigenvalue weighted by molar-refractivity contribution is -0.123. The molecule has 0 bridgehead atoms. The van der Waals surface area contributed by atoms with Gasteiger partial charge in [-0.3, -0.25) is 4.79 Å². The fourth-order valence-corrected chi connectivity index (χ4v) is 2.40. The molecule has 2 aromatic rings. The Hall–Kier alpha value is -3.02. The molecule has 1 aliphatic heterocycles. The molecule has 6 nitrogen and oxygen atoms in total. The normalized spacial score (nSPS) is 13.0. The van der Waals surface area contributed by atoms with Crippen molar-refractivity contribution in [1.82, 2.24) is 5.43 Å². The lowest BCUT2D eigenvalue weighted by Gasteiger charge is -2.19. The summed E-state index contributed by atoms with van der Waals surface area (Å²) in [5.41, 5.74) is 4.53. The van der Waals surface area contributed by atoms with Crippen molar-refractivity contribution in [3.63, 3.8) is 0 Å². The van der Waals surface area contributed by atoms with E-state index in [4.69, 9.17) is 14.2 Å². The van der Waals surface area contributed by atoms with Gasteiger partial charge in [0.05, 0.1) is 6.21 Å². The zero-order valence-electron chi connectivity index (χ0n) is 15.1. The third kappa shape index (κ3) is 4.53. The lowest BCUT2D eigenvalue weighted by atomic mass is 9.87. The van der Waals surface area contributed by atoms with Crippen molar-refractivity contribution in [2.75, 3.05) is 13.4 Å². The molecule has 1 heterocycles. The molecule has 3 rings (SSSR count). The lowest BCUT2D eigenvalue weighted by Crippen LogP contribution is -2.24. The molecule has 1 aliphatic rings. The first kappa shape index (κ1) is 17.8. The van der Waals surface area contributed by atoms with Crippen LogP contribution >= 0.6 is 0 Å². The average Bonchev–Trinajstić information content (AvgIpc) is 3.07. The molecule has 26 heavy (non-hydrogen) atoms. The smallest absolute Gasteiger partial charge is 0.277 e. The first-order valence-corrected chi connectivity index (χ1v) is 8.37. The zero-order valence-corrected chi connectivity index (χ0v) is 15.1. The SMILES string of the molecule is CC(C)(C)c1ccc(OCC(=O)NN=Cc2ccc3c(c2)OCO3)cc1. The minimum absolute atomic E-state index is 0.0827. The number of fused-ring (bicyclic) bond motifs is 1. The summed E-state index contributed by atoms with van der Waals surface area (Å²) in [5.74, 6) is 1.69. The molecule has 2 aromatic carbocycles. The Morgan fingerprint density at radius 2 is 1.88 bits per heavy atom. The molecular formula is C20H22N2O4. The van der Waals surface area contributed by atoms with E-state index in [2.05, 4.69) is 31.3 Å². The van der Waals surface area contributed by atoms with Crippen molar-refractivity contribution < 1.29 is 19.0 Å². The van der Waals surface area contributed by atoms with Gasteiger partial charge in [-0.2, -0.15) is 5.10 Å². The van der Waals surface area contributed by atoms with Crippen molar-refractivity contribution in [3.05, 3.63) is 53.6 Å². The van der Waals surface area contributed by atoms with Crippen LogP contribution < -0.4 is 19.6 Å². The van der Waals surface area contributed by atoms with Gasteiger partial charge in [-0.15, -0.1) is 0 Å². The summed E-state index contributed by atoms with van der Waals surface area (Å²) < 4.78 is 16.0. The van der Waals surface area contributed by atoms with Gasteiger partial charge in [0.2, 0.25) is 6.79 Å². The number of hydrogen-bond acceptors (Lipinski definition) is 5. The van der Waals surface area contributed by atoms with Crippen LogP contribution in [0.2, 0.25) is 0 Å². The Balaban J connectivity index is 1.47. The Bertz CT molecular complexity index is 808. The standard InChI is InChI=1S/C20H22N2O4/c1-20(2,3)15-5-7-16(8-6-15)24-12-19(23)22-21-11-14-4-9-17-18(10-14)26-13-25-17/h4-11H,12-13H2,1-3H3,(H,22,23). The van der Waals surface area contributed by atoms with E-state index in [0.29, 0.717) is 17.2 Å². The second kappa shape index (κ2) is 7.47. The van der Waals surface area contributed by atoms with Gasteiger partial charge >= 0.3 is 0 Å². The highest BCUT2D eigenvalue weighted by atomic mass is 16.7. The summed E-state index contributed by atoms with van der Waals surface area (Å²) in [6.45, 7) is 6.56. The van der Waals surface area contributed by atoms with E-state index < -0.39 is 0 Å². The number of hydrogen-bond donors (Lipinski definition) is 1. The topological polar surface area (TPSA) is 69.2 Å². The summed E-state index contributed by atoms with van der Waals surface area (Å²) >= 11 is 0. The largest absolute Gasteiger partial charge is 0.484 e. The first-order chi connectivity index (χ1) is 12.4. The molecule has 6 heteroatoms. The number of nitrogens with zero attached hydrogens (tertiary/aromatic N) is 1. The van der Waals surface area contributed by atoms with Crippen molar-refractivity contribution in [2.24, 2.45) is 5.10 Å². The molecule has 0 saturated carbocycles. The molecular weight excluding hydrogens is 332 g/mol. The number of ether oxygens (including phenoxy) is 3. The molecule has 0 spiro atoms. The fourth-order valence-electron chi connectivity index (χ4n) is 2.40. The van der Waals surface area contributed by atoms with Gasteiger partial charge < -0.3 is 14.2 Å². The summed E-state index contributed by atoms with van der Waals surface area (Å²) in [5, 5.41) is 3.92. The van der Waals surface area contributed by atoms with Gasteiger partial charge in [0.25, 0.3) is 5.91 Å². The van der Waals surface area contributed by atoms with Crippen molar-refractivity contribution in [3.8, 4) is 17.2 Å². The molecule has 1 N–H and O–H groups in total. The number of hydrazone groups is 1. The molecule has 0 saturated heterocycles. The Morgan fingerprint density at radius 1 is 1.15 bits per heavy atom. The van der Waals surface area contributed by atoms with Crippen LogP contribution in [-0.2, 0) is 10.2 Å². The first-order valence-electron chi connectivity index (χ1n) is 8.37. The third-order valence-electron chi connectivity index (χ3n) is 3.89. The predicted octanol–water partition coefficient (Wildman–Crippen LogP) is 3.24. The third-order valence-corrected chi connectivity index (χ3v) is 3.89. The van der Waals surface area contributed by atoms with E-state index in [0.717, 1.165) is 5.56 Å². The molecule has 0 aromatic heterocycles. The second-order valence-corrected chi connectivity index (χ2v) is 6.97. The van der Waals surface area contributed by atoms with Gasteiger partial charge in [0, 0.05) is 0 Å². The number of carbonyl (C=O) groups is 1. The number of amides is 1. The molecule has 0 unspecified atom stereocenters. The van der Waals surface area contributed by atoms with Crippen LogP contribution in [0.5, 0.6) is 17.2 Å². The zero-order chi connectivity index (χ0) is 18.6. The molecule has 0 aliphatic carbocycles. The van der Waals surface area contributed by atoms with Gasteiger partial charge in [0.15, 0.2) is 18.1 Å². The molecule has 136 valence electrons. The number of benzene rings is 2. The number of nitrogens with one attached hydrogen (secondary N) is 1. The van der Waals surface area contributed by atoms with Gasteiger partial charge in [-0.1, -0.05) is 32.9 Å². The van der Waals surface area contributed by atoms with Crippen LogP contribution in [0.4, 0.5) is 0 Å². The Kier molecular flexibility index (Phi) is 5.11. The van der Waals surface area contributed by atoms with E-state index in [1.165, 1.54) is 11.8 Å². The van der Waals surface area contributed by atoms with Crippen molar-refractivity contribution in [2.45, 2.75) is 26.2 Å². The highest BCUT2D eigenvalue weighted by molar-refractivity contribution is 5.83. The summed E-state index contributed by atoms with van der Waals surface area (Å²) in [7, 11) is 0. The molecule has 1 amide bonds. The van der Waals surface area contributed by atoms with Crippen LogP contribution in [0.3, 0.4) is 0 Å². The highest BCUT2D eigenvalue weighted by Crippen LogP contribution is 2.32. The van der Waals surface area contributed by atoms with E-state index >= 15 is 0 Å². The fraction of sp³-hybridized carbons (Fsp3) is 0.300. The summed E-state index contributed by atoms with van der Waals surface area (Å²) in [6, 6.07) is 13.2.